The third-order valence-corrected chi connectivity index (χ3v) is 4.14. The Morgan fingerprint density at radius 3 is 2.62 bits per heavy atom. The molecule has 0 atom stereocenters. The SMILES string of the molecule is COc1cc(OC)c2nc(NCc3ccccc3)sc2c1. The quantitative estimate of drug-likeness (QED) is 0.775. The molecule has 0 aliphatic heterocycles. The largest absolute Gasteiger partial charge is 0.497 e. The van der Waals surface area contributed by atoms with Gasteiger partial charge in [0.05, 0.1) is 18.9 Å². The van der Waals surface area contributed by atoms with Gasteiger partial charge in [-0.25, -0.2) is 4.98 Å². The summed E-state index contributed by atoms with van der Waals surface area (Å²) in [5.74, 6) is 1.51. The topological polar surface area (TPSA) is 43.4 Å². The van der Waals surface area contributed by atoms with Gasteiger partial charge >= 0.3 is 0 Å². The van der Waals surface area contributed by atoms with E-state index < -0.39 is 0 Å². The predicted octanol–water partition coefficient (Wildman–Crippen LogP) is 3.93. The van der Waals surface area contributed by atoms with E-state index in [0.717, 1.165) is 33.4 Å². The zero-order chi connectivity index (χ0) is 14.7. The normalized spacial score (nSPS) is 10.6. The molecule has 0 saturated heterocycles. The van der Waals surface area contributed by atoms with E-state index >= 15 is 0 Å². The molecule has 4 nitrogen and oxygen atoms in total. The van der Waals surface area contributed by atoms with Gasteiger partial charge in [-0.1, -0.05) is 41.7 Å². The number of fused-ring (bicyclic) bond motifs is 1. The number of aromatic nitrogens is 1. The first-order chi connectivity index (χ1) is 10.3. The van der Waals surface area contributed by atoms with Crippen LogP contribution in [0.25, 0.3) is 10.2 Å². The van der Waals surface area contributed by atoms with E-state index in [1.165, 1.54) is 5.56 Å². The number of benzene rings is 2. The minimum Gasteiger partial charge on any atom is -0.497 e. The van der Waals surface area contributed by atoms with Crippen molar-refractivity contribution in [2.24, 2.45) is 0 Å². The van der Waals surface area contributed by atoms with Gasteiger partial charge in [0.1, 0.15) is 17.0 Å². The van der Waals surface area contributed by atoms with E-state index in [4.69, 9.17) is 9.47 Å². The number of thiazole rings is 1. The van der Waals surface area contributed by atoms with Crippen LogP contribution in [0.15, 0.2) is 42.5 Å². The van der Waals surface area contributed by atoms with E-state index in [1.807, 2.05) is 30.3 Å². The van der Waals surface area contributed by atoms with Crippen molar-refractivity contribution in [3.05, 3.63) is 48.0 Å². The number of rotatable bonds is 5. The molecule has 0 aliphatic carbocycles. The molecule has 1 heterocycles. The number of methoxy groups -OCH3 is 2. The minimum absolute atomic E-state index is 0.730. The minimum atomic E-state index is 0.730. The first-order valence-corrected chi connectivity index (χ1v) is 7.42. The van der Waals surface area contributed by atoms with Crippen molar-refractivity contribution in [3.63, 3.8) is 0 Å². The van der Waals surface area contributed by atoms with Crippen LogP contribution in [-0.4, -0.2) is 19.2 Å². The summed E-state index contributed by atoms with van der Waals surface area (Å²) in [5, 5.41) is 4.23. The second kappa shape index (κ2) is 6.01. The van der Waals surface area contributed by atoms with Crippen LogP contribution >= 0.6 is 11.3 Å². The molecule has 21 heavy (non-hydrogen) atoms. The lowest BCUT2D eigenvalue weighted by Crippen LogP contribution is -1.98. The van der Waals surface area contributed by atoms with Gasteiger partial charge in [-0.3, -0.25) is 0 Å². The van der Waals surface area contributed by atoms with E-state index in [0.29, 0.717) is 0 Å². The van der Waals surface area contributed by atoms with Crippen LogP contribution in [0, 0.1) is 0 Å². The van der Waals surface area contributed by atoms with Crippen molar-refractivity contribution >= 4 is 26.7 Å². The Morgan fingerprint density at radius 1 is 1.10 bits per heavy atom. The molecule has 0 spiro atoms. The van der Waals surface area contributed by atoms with Gasteiger partial charge < -0.3 is 14.8 Å². The van der Waals surface area contributed by atoms with Crippen LogP contribution in [0.4, 0.5) is 5.13 Å². The predicted molar refractivity (Wildman–Crippen MR) is 86.5 cm³/mol. The van der Waals surface area contributed by atoms with E-state index in [2.05, 4.69) is 22.4 Å². The highest BCUT2D eigenvalue weighted by Crippen LogP contribution is 2.36. The Kier molecular flexibility index (Phi) is 3.92. The Labute approximate surface area is 127 Å². The maximum Gasteiger partial charge on any atom is 0.184 e. The highest BCUT2D eigenvalue weighted by Gasteiger charge is 2.11. The van der Waals surface area contributed by atoms with Crippen molar-refractivity contribution in [2.75, 3.05) is 19.5 Å². The van der Waals surface area contributed by atoms with Crippen LogP contribution in [0.5, 0.6) is 11.5 Å². The number of nitrogens with one attached hydrogen (secondary N) is 1. The van der Waals surface area contributed by atoms with Crippen molar-refractivity contribution in [1.82, 2.24) is 4.98 Å². The first-order valence-electron chi connectivity index (χ1n) is 6.60. The van der Waals surface area contributed by atoms with Crippen LogP contribution in [0.3, 0.4) is 0 Å². The average Bonchev–Trinajstić information content (AvgIpc) is 2.95. The van der Waals surface area contributed by atoms with Gasteiger partial charge in [0.25, 0.3) is 0 Å². The lowest BCUT2D eigenvalue weighted by molar-refractivity contribution is 0.397. The first kappa shape index (κ1) is 13.7. The summed E-state index contributed by atoms with van der Waals surface area (Å²) >= 11 is 1.59. The fraction of sp³-hybridized carbons (Fsp3) is 0.188. The van der Waals surface area contributed by atoms with Gasteiger partial charge in [-0.05, 0) is 11.6 Å². The summed E-state index contributed by atoms with van der Waals surface area (Å²) in [4.78, 5) is 4.60. The van der Waals surface area contributed by atoms with Crippen molar-refractivity contribution < 1.29 is 9.47 Å². The van der Waals surface area contributed by atoms with Crippen molar-refractivity contribution in [2.45, 2.75) is 6.54 Å². The molecule has 2 aromatic carbocycles. The second-order valence-electron chi connectivity index (χ2n) is 4.53. The lowest BCUT2D eigenvalue weighted by Gasteiger charge is -2.03. The second-order valence-corrected chi connectivity index (χ2v) is 5.57. The molecule has 5 heteroatoms. The third kappa shape index (κ3) is 2.92. The smallest absolute Gasteiger partial charge is 0.184 e. The van der Waals surface area contributed by atoms with Gasteiger partial charge in [0.2, 0.25) is 0 Å². The Morgan fingerprint density at radius 2 is 1.90 bits per heavy atom. The molecule has 0 saturated carbocycles. The fourth-order valence-electron chi connectivity index (χ4n) is 2.10. The molecule has 0 radical (unpaired) electrons. The standard InChI is InChI=1S/C16H16N2O2S/c1-19-12-8-13(20-2)15-14(9-12)21-16(18-15)17-10-11-6-4-3-5-7-11/h3-9H,10H2,1-2H3,(H,17,18). The maximum absolute atomic E-state index is 5.38. The molecule has 108 valence electrons. The van der Waals surface area contributed by atoms with Gasteiger partial charge in [0, 0.05) is 12.6 Å². The Bertz CT molecular complexity index is 741. The molecular weight excluding hydrogens is 284 g/mol. The number of ether oxygens (including phenoxy) is 2. The average molecular weight is 300 g/mol. The van der Waals surface area contributed by atoms with Gasteiger partial charge in [-0.15, -0.1) is 0 Å². The van der Waals surface area contributed by atoms with Crippen molar-refractivity contribution in [3.8, 4) is 11.5 Å². The summed E-state index contributed by atoms with van der Waals surface area (Å²) < 4.78 is 11.7. The zero-order valence-corrected chi connectivity index (χ0v) is 12.7. The summed E-state index contributed by atoms with van der Waals surface area (Å²) in [7, 11) is 3.29. The van der Waals surface area contributed by atoms with Crippen LogP contribution in [-0.2, 0) is 6.54 Å². The number of hydrogen-bond acceptors (Lipinski definition) is 5. The highest BCUT2D eigenvalue weighted by atomic mass is 32.1. The molecule has 1 N–H and O–H groups in total. The molecule has 1 aromatic heterocycles. The van der Waals surface area contributed by atoms with Crippen LogP contribution < -0.4 is 14.8 Å². The molecule has 3 rings (SSSR count). The summed E-state index contributed by atoms with van der Waals surface area (Å²) in [6.07, 6.45) is 0. The molecule has 0 amide bonds. The van der Waals surface area contributed by atoms with Crippen LogP contribution in [0.2, 0.25) is 0 Å². The van der Waals surface area contributed by atoms with E-state index in [9.17, 15) is 0 Å². The van der Waals surface area contributed by atoms with Gasteiger partial charge in [-0.2, -0.15) is 0 Å². The zero-order valence-electron chi connectivity index (χ0n) is 11.9. The van der Waals surface area contributed by atoms with E-state index in [-0.39, 0.29) is 0 Å². The highest BCUT2D eigenvalue weighted by molar-refractivity contribution is 7.22. The third-order valence-electron chi connectivity index (χ3n) is 3.18. The molecule has 0 bridgehead atoms. The number of hydrogen-bond donors (Lipinski definition) is 1. The Balaban J connectivity index is 1.87. The maximum atomic E-state index is 5.38. The summed E-state index contributed by atoms with van der Waals surface area (Å²) in [5.41, 5.74) is 2.08. The fourth-order valence-corrected chi connectivity index (χ4v) is 3.00. The Hall–Kier alpha value is -2.27. The van der Waals surface area contributed by atoms with Gasteiger partial charge in [0.15, 0.2) is 5.13 Å². The van der Waals surface area contributed by atoms with E-state index in [1.54, 1.807) is 25.6 Å². The lowest BCUT2D eigenvalue weighted by atomic mass is 10.2. The van der Waals surface area contributed by atoms with Crippen LogP contribution in [0.1, 0.15) is 5.56 Å². The molecule has 3 aromatic rings. The molecule has 0 unspecified atom stereocenters. The number of anilines is 1. The summed E-state index contributed by atoms with van der Waals surface area (Å²) in [6, 6.07) is 14.1. The molecule has 0 aliphatic rings. The monoisotopic (exact) mass is 300 g/mol. The van der Waals surface area contributed by atoms with Crippen molar-refractivity contribution in [1.29, 1.82) is 0 Å². The molecular formula is C16H16N2O2S. The number of nitrogens with zero attached hydrogens (tertiary/aromatic N) is 1. The summed E-state index contributed by atoms with van der Waals surface area (Å²) in [6.45, 7) is 0.750. The molecule has 0 fully saturated rings.